The smallest absolute Gasteiger partial charge is 0.251 e. The molecule has 0 spiro atoms. The minimum atomic E-state index is -0.321. The zero-order valence-electron chi connectivity index (χ0n) is 12.8. The molecule has 2 aliphatic heterocycles. The highest BCUT2D eigenvalue weighted by Gasteiger charge is 2.49. The van der Waals surface area contributed by atoms with E-state index < -0.39 is 0 Å². The van der Waals surface area contributed by atoms with Gasteiger partial charge in [0, 0.05) is 22.5 Å². The van der Waals surface area contributed by atoms with Crippen molar-refractivity contribution in [3.05, 3.63) is 34.3 Å². The summed E-state index contributed by atoms with van der Waals surface area (Å²) >= 11 is 5.93. The van der Waals surface area contributed by atoms with Crippen LogP contribution in [0.4, 0.5) is 0 Å². The fourth-order valence-electron chi connectivity index (χ4n) is 3.51. The summed E-state index contributed by atoms with van der Waals surface area (Å²) < 4.78 is 5.88. The first-order valence-electron chi connectivity index (χ1n) is 7.77. The van der Waals surface area contributed by atoms with Crippen molar-refractivity contribution in [2.75, 3.05) is 19.8 Å². The number of hydrogen-bond donors (Lipinski definition) is 2. The zero-order chi connectivity index (χ0) is 15.8. The number of aryl methyl sites for hydroxylation is 1. The Bertz CT molecular complexity index is 563. The van der Waals surface area contributed by atoms with Gasteiger partial charge in [0.15, 0.2) is 0 Å². The van der Waals surface area contributed by atoms with E-state index in [9.17, 15) is 9.90 Å². The number of benzene rings is 1. The van der Waals surface area contributed by atoms with Crippen molar-refractivity contribution in [1.82, 2.24) is 5.32 Å². The predicted molar refractivity (Wildman–Crippen MR) is 85.2 cm³/mol. The van der Waals surface area contributed by atoms with Crippen LogP contribution in [0.3, 0.4) is 0 Å². The maximum absolute atomic E-state index is 12.4. The number of hydrogen-bond acceptors (Lipinski definition) is 3. The van der Waals surface area contributed by atoms with Gasteiger partial charge in [-0.1, -0.05) is 11.6 Å². The van der Waals surface area contributed by atoms with Crippen LogP contribution >= 0.6 is 11.6 Å². The molecule has 1 aromatic rings. The van der Waals surface area contributed by atoms with E-state index in [4.69, 9.17) is 16.3 Å². The van der Waals surface area contributed by atoms with E-state index in [1.165, 1.54) is 0 Å². The van der Waals surface area contributed by atoms with Crippen LogP contribution in [0.5, 0.6) is 0 Å². The second-order valence-corrected chi connectivity index (χ2v) is 7.21. The second-order valence-electron chi connectivity index (χ2n) is 6.77. The first-order chi connectivity index (χ1) is 10.5. The van der Waals surface area contributed by atoms with E-state index in [0.717, 1.165) is 31.2 Å². The molecule has 2 heterocycles. The van der Waals surface area contributed by atoms with E-state index >= 15 is 0 Å². The Hall–Kier alpha value is -1.10. The molecular formula is C17H22ClNO3. The van der Waals surface area contributed by atoms with Crippen molar-refractivity contribution in [3.8, 4) is 0 Å². The molecule has 1 aromatic carbocycles. The van der Waals surface area contributed by atoms with Crippen LogP contribution in [0.2, 0.25) is 5.02 Å². The lowest BCUT2D eigenvalue weighted by atomic mass is 9.66. The number of amides is 1. The molecule has 5 heteroatoms. The minimum Gasteiger partial charge on any atom is -0.393 e. The number of fused-ring (bicyclic) bond motifs is 3. The summed E-state index contributed by atoms with van der Waals surface area (Å²) in [6.45, 7) is 3.22. The van der Waals surface area contributed by atoms with Gasteiger partial charge >= 0.3 is 0 Å². The lowest BCUT2D eigenvalue weighted by Gasteiger charge is -2.52. The topological polar surface area (TPSA) is 58.6 Å². The molecule has 3 aliphatic rings. The maximum atomic E-state index is 12.4. The monoisotopic (exact) mass is 323 g/mol. The van der Waals surface area contributed by atoms with Crippen molar-refractivity contribution >= 4 is 17.5 Å². The molecule has 22 heavy (non-hydrogen) atoms. The summed E-state index contributed by atoms with van der Waals surface area (Å²) in [4.78, 5) is 12.4. The molecule has 1 aliphatic carbocycles. The van der Waals surface area contributed by atoms with E-state index in [1.54, 1.807) is 18.2 Å². The number of carbonyl (C=O) groups is 1. The molecule has 3 fully saturated rings. The molecule has 1 amide bonds. The fourth-order valence-corrected chi connectivity index (χ4v) is 3.73. The average Bonchev–Trinajstić information content (AvgIpc) is 2.54. The molecule has 2 N–H and O–H groups in total. The summed E-state index contributed by atoms with van der Waals surface area (Å²) in [5, 5.41) is 13.2. The first kappa shape index (κ1) is 15.8. The Labute approximate surface area is 135 Å². The van der Waals surface area contributed by atoms with E-state index in [-0.39, 0.29) is 23.5 Å². The summed E-state index contributed by atoms with van der Waals surface area (Å²) in [6, 6.07) is 5.30. The van der Waals surface area contributed by atoms with Crippen molar-refractivity contribution in [2.24, 2.45) is 5.41 Å². The summed E-state index contributed by atoms with van der Waals surface area (Å²) in [5.74, 6) is -0.0619. The molecule has 4 rings (SSSR count). The van der Waals surface area contributed by atoms with Crippen molar-refractivity contribution < 1.29 is 14.6 Å². The van der Waals surface area contributed by atoms with Crippen molar-refractivity contribution in [1.29, 1.82) is 0 Å². The lowest BCUT2D eigenvalue weighted by molar-refractivity contribution is -0.197. The van der Waals surface area contributed by atoms with Gasteiger partial charge in [0.25, 0.3) is 5.91 Å². The number of halogens is 1. The van der Waals surface area contributed by atoms with Gasteiger partial charge in [0.05, 0.1) is 18.8 Å². The third-order valence-electron chi connectivity index (χ3n) is 5.25. The molecule has 1 saturated carbocycles. The average molecular weight is 324 g/mol. The molecular weight excluding hydrogens is 302 g/mol. The molecule has 120 valence electrons. The van der Waals surface area contributed by atoms with Gasteiger partial charge in [-0.2, -0.15) is 0 Å². The Kier molecular flexibility index (Phi) is 4.19. The van der Waals surface area contributed by atoms with E-state index in [2.05, 4.69) is 5.32 Å². The van der Waals surface area contributed by atoms with Gasteiger partial charge < -0.3 is 15.2 Å². The Morgan fingerprint density at radius 1 is 1.36 bits per heavy atom. The number of nitrogens with one attached hydrogen (secondary N) is 1. The van der Waals surface area contributed by atoms with Crippen LogP contribution in [0.15, 0.2) is 18.2 Å². The summed E-state index contributed by atoms with van der Waals surface area (Å²) in [5.41, 5.74) is 1.24. The van der Waals surface area contributed by atoms with Crippen molar-refractivity contribution in [3.63, 3.8) is 0 Å². The Balaban J connectivity index is 1.62. The Morgan fingerprint density at radius 2 is 2.09 bits per heavy atom. The molecule has 2 bridgehead atoms. The molecule has 4 nitrogen and oxygen atoms in total. The van der Waals surface area contributed by atoms with Gasteiger partial charge in [-0.15, -0.1) is 0 Å². The highest BCUT2D eigenvalue weighted by Crippen LogP contribution is 2.48. The van der Waals surface area contributed by atoms with Crippen LogP contribution in [0.25, 0.3) is 0 Å². The largest absolute Gasteiger partial charge is 0.393 e. The molecule has 0 aromatic heterocycles. The molecule has 0 atom stereocenters. The SMILES string of the molecule is Cc1cc(Cl)ccc1C(=O)NCC12CCC(CO)(CC1)OC2. The first-order valence-corrected chi connectivity index (χ1v) is 8.15. The molecule has 0 radical (unpaired) electrons. The molecule has 2 saturated heterocycles. The van der Waals surface area contributed by atoms with Gasteiger partial charge in [0.1, 0.15) is 0 Å². The van der Waals surface area contributed by atoms with Crippen LogP contribution in [0.1, 0.15) is 41.6 Å². The zero-order valence-corrected chi connectivity index (χ0v) is 13.6. The van der Waals surface area contributed by atoms with Crippen LogP contribution in [0, 0.1) is 12.3 Å². The number of rotatable bonds is 4. The van der Waals surface area contributed by atoms with Crippen LogP contribution in [-0.2, 0) is 4.74 Å². The highest BCUT2D eigenvalue weighted by molar-refractivity contribution is 6.30. The normalized spacial score (nSPS) is 30.3. The number of aliphatic hydroxyl groups excluding tert-OH is 1. The third-order valence-corrected chi connectivity index (χ3v) is 5.49. The number of aliphatic hydroxyl groups is 1. The van der Waals surface area contributed by atoms with Gasteiger partial charge in [-0.25, -0.2) is 0 Å². The van der Waals surface area contributed by atoms with Gasteiger partial charge in [-0.3, -0.25) is 4.79 Å². The van der Waals surface area contributed by atoms with Gasteiger partial charge in [0.2, 0.25) is 0 Å². The van der Waals surface area contributed by atoms with E-state index in [1.807, 2.05) is 6.92 Å². The maximum Gasteiger partial charge on any atom is 0.251 e. The standard InChI is InChI=1S/C17H22ClNO3/c1-12-8-13(18)2-3-14(12)15(21)19-9-16-4-6-17(10-20,7-5-16)22-11-16/h2-3,8,20H,4-7,9-11H2,1H3,(H,19,21). The lowest BCUT2D eigenvalue weighted by Crippen LogP contribution is -2.56. The minimum absolute atomic E-state index is 0.0207. The van der Waals surface area contributed by atoms with Crippen molar-refractivity contribution in [2.45, 2.75) is 38.2 Å². The van der Waals surface area contributed by atoms with Crippen LogP contribution in [-0.4, -0.2) is 36.4 Å². The predicted octanol–water partition coefficient (Wildman–Crippen LogP) is 2.70. The fraction of sp³-hybridized carbons (Fsp3) is 0.588. The Morgan fingerprint density at radius 3 is 2.64 bits per heavy atom. The van der Waals surface area contributed by atoms with Gasteiger partial charge in [-0.05, 0) is 56.4 Å². The number of carbonyl (C=O) groups excluding carboxylic acids is 1. The quantitative estimate of drug-likeness (QED) is 0.895. The highest BCUT2D eigenvalue weighted by atomic mass is 35.5. The summed E-state index contributed by atoms with van der Waals surface area (Å²) in [6.07, 6.45) is 3.74. The second kappa shape index (κ2) is 5.84. The molecule has 0 unspecified atom stereocenters. The number of ether oxygens (including phenoxy) is 1. The van der Waals surface area contributed by atoms with E-state index in [0.29, 0.717) is 23.7 Å². The summed E-state index contributed by atoms with van der Waals surface area (Å²) in [7, 11) is 0. The van der Waals surface area contributed by atoms with Crippen LogP contribution < -0.4 is 5.32 Å². The third kappa shape index (κ3) is 2.87.